The van der Waals surface area contributed by atoms with Crippen LogP contribution in [0.3, 0.4) is 0 Å². The molecule has 1 aromatic heterocycles. The molecule has 3 N–H and O–H groups in total. The maximum Gasteiger partial charge on any atom is 0.224 e. The monoisotopic (exact) mass is 367 g/mol. The van der Waals surface area contributed by atoms with Crippen LogP contribution in [0.25, 0.3) is 0 Å². The highest BCUT2D eigenvalue weighted by Gasteiger charge is 2.47. The van der Waals surface area contributed by atoms with Crippen molar-refractivity contribution in [3.63, 3.8) is 0 Å². The Labute approximate surface area is 159 Å². The highest BCUT2D eigenvalue weighted by Crippen LogP contribution is 2.42. The number of nitrogens with one attached hydrogen (secondary N) is 2. The van der Waals surface area contributed by atoms with E-state index < -0.39 is 0 Å². The molecule has 1 aliphatic rings. The molecule has 1 aromatic carbocycles. The van der Waals surface area contributed by atoms with E-state index in [-0.39, 0.29) is 17.6 Å². The van der Waals surface area contributed by atoms with Gasteiger partial charge in [0, 0.05) is 18.0 Å². The van der Waals surface area contributed by atoms with Gasteiger partial charge >= 0.3 is 0 Å². The first kappa shape index (κ1) is 18.9. The lowest BCUT2D eigenvalue weighted by Gasteiger charge is -2.49. The summed E-state index contributed by atoms with van der Waals surface area (Å²) >= 11 is 0. The number of aromatic nitrogens is 2. The topological polar surface area (TPSA) is 103 Å². The van der Waals surface area contributed by atoms with E-state index in [4.69, 9.17) is 4.74 Å². The molecule has 27 heavy (non-hydrogen) atoms. The van der Waals surface area contributed by atoms with E-state index in [2.05, 4.69) is 26.7 Å². The summed E-state index contributed by atoms with van der Waals surface area (Å²) in [6.45, 7) is 4.67. The summed E-state index contributed by atoms with van der Waals surface area (Å²) in [5.74, 6) is 1.81. The summed E-state index contributed by atoms with van der Waals surface area (Å²) in [5, 5.41) is 25.7. The molecule has 3 rings (SSSR count). The molecule has 1 fully saturated rings. The van der Waals surface area contributed by atoms with Crippen molar-refractivity contribution in [1.29, 1.82) is 5.26 Å². The third-order valence-electron chi connectivity index (χ3n) is 5.29. The largest absolute Gasteiger partial charge is 0.497 e. The lowest BCUT2D eigenvalue weighted by Crippen LogP contribution is -2.57. The number of ether oxygens (including phenoxy) is 1. The van der Waals surface area contributed by atoms with Crippen LogP contribution < -0.4 is 15.4 Å². The van der Waals surface area contributed by atoms with Crippen LogP contribution in [-0.2, 0) is 6.42 Å². The molecule has 1 saturated carbocycles. The molecule has 0 bridgehead atoms. The van der Waals surface area contributed by atoms with Crippen molar-refractivity contribution < 1.29 is 9.84 Å². The third kappa shape index (κ3) is 4.12. The molecule has 7 heteroatoms. The smallest absolute Gasteiger partial charge is 0.224 e. The first-order valence-electron chi connectivity index (χ1n) is 9.02. The lowest BCUT2D eigenvalue weighted by molar-refractivity contribution is -0.0511. The second kappa shape index (κ2) is 7.80. The van der Waals surface area contributed by atoms with Gasteiger partial charge in [0.2, 0.25) is 5.95 Å². The SMILES string of the molecule is COc1ccc(CCNc2ncc(C#N)c(N[C@@H]3C[C@H](O)C3(C)C)n2)cc1. The summed E-state index contributed by atoms with van der Waals surface area (Å²) in [4.78, 5) is 8.67. The minimum atomic E-state index is -0.343. The van der Waals surface area contributed by atoms with Crippen molar-refractivity contribution in [3.05, 3.63) is 41.6 Å². The van der Waals surface area contributed by atoms with Crippen molar-refractivity contribution in [2.45, 2.75) is 38.8 Å². The van der Waals surface area contributed by atoms with Crippen LogP contribution in [0.15, 0.2) is 30.5 Å². The van der Waals surface area contributed by atoms with Gasteiger partial charge in [-0.1, -0.05) is 26.0 Å². The van der Waals surface area contributed by atoms with Crippen molar-refractivity contribution in [2.24, 2.45) is 5.41 Å². The Morgan fingerprint density at radius 3 is 2.67 bits per heavy atom. The Kier molecular flexibility index (Phi) is 5.47. The molecule has 1 aliphatic carbocycles. The van der Waals surface area contributed by atoms with Crippen LogP contribution in [0, 0.1) is 16.7 Å². The Hall–Kier alpha value is -2.85. The van der Waals surface area contributed by atoms with Crippen LogP contribution in [0.4, 0.5) is 11.8 Å². The average Bonchev–Trinajstić information content (AvgIpc) is 2.68. The fourth-order valence-corrected chi connectivity index (χ4v) is 3.08. The second-order valence-corrected chi connectivity index (χ2v) is 7.36. The molecular formula is C20H25N5O2. The van der Waals surface area contributed by atoms with Crippen molar-refractivity contribution >= 4 is 11.8 Å². The predicted octanol–water partition coefficient (Wildman–Crippen LogP) is 2.58. The van der Waals surface area contributed by atoms with Crippen molar-refractivity contribution in [1.82, 2.24) is 9.97 Å². The van der Waals surface area contributed by atoms with E-state index in [0.29, 0.717) is 30.3 Å². The van der Waals surface area contributed by atoms with Gasteiger partial charge in [0.05, 0.1) is 19.4 Å². The van der Waals surface area contributed by atoms with Gasteiger partial charge in [-0.25, -0.2) is 4.98 Å². The average molecular weight is 367 g/mol. The van der Waals surface area contributed by atoms with E-state index >= 15 is 0 Å². The Morgan fingerprint density at radius 1 is 1.33 bits per heavy atom. The number of benzene rings is 1. The van der Waals surface area contributed by atoms with Crippen LogP contribution in [0.2, 0.25) is 0 Å². The van der Waals surface area contributed by atoms with Gasteiger partial charge in [-0.2, -0.15) is 10.2 Å². The fraction of sp³-hybridized carbons (Fsp3) is 0.450. The predicted molar refractivity (Wildman–Crippen MR) is 104 cm³/mol. The van der Waals surface area contributed by atoms with E-state index in [1.165, 1.54) is 11.8 Å². The maximum atomic E-state index is 9.90. The summed E-state index contributed by atoms with van der Waals surface area (Å²) in [6, 6.07) is 10.1. The summed E-state index contributed by atoms with van der Waals surface area (Å²) in [6.07, 6.45) is 2.64. The lowest BCUT2D eigenvalue weighted by atomic mass is 9.64. The fourth-order valence-electron chi connectivity index (χ4n) is 3.08. The van der Waals surface area contributed by atoms with E-state index in [1.54, 1.807) is 7.11 Å². The zero-order chi connectivity index (χ0) is 19.4. The minimum Gasteiger partial charge on any atom is -0.497 e. The van der Waals surface area contributed by atoms with Gasteiger partial charge in [-0.3, -0.25) is 0 Å². The zero-order valence-electron chi connectivity index (χ0n) is 15.9. The number of nitrogens with zero attached hydrogens (tertiary/aromatic N) is 3. The number of hydrogen-bond acceptors (Lipinski definition) is 7. The molecule has 0 saturated heterocycles. The van der Waals surface area contributed by atoms with Gasteiger partial charge in [0.25, 0.3) is 0 Å². The van der Waals surface area contributed by atoms with Gasteiger partial charge in [-0.15, -0.1) is 0 Å². The van der Waals surface area contributed by atoms with Crippen molar-refractivity contribution in [3.8, 4) is 11.8 Å². The molecule has 2 atom stereocenters. The highest BCUT2D eigenvalue weighted by atomic mass is 16.5. The summed E-state index contributed by atoms with van der Waals surface area (Å²) < 4.78 is 5.16. The van der Waals surface area contributed by atoms with E-state index in [0.717, 1.165) is 12.2 Å². The number of nitriles is 1. The Bertz CT molecular complexity index is 829. The zero-order valence-corrected chi connectivity index (χ0v) is 15.9. The molecule has 0 unspecified atom stereocenters. The molecular weight excluding hydrogens is 342 g/mol. The normalized spacial score (nSPS) is 20.3. The standard InChI is InChI=1S/C20H25N5O2/c1-20(2)16(10-17(20)26)24-18-14(11-21)12-23-19(25-18)22-9-8-13-4-6-15(27-3)7-5-13/h4-7,12,16-17,26H,8-10H2,1-3H3,(H2,22,23,24,25)/t16-,17+/m1/s1. The molecule has 0 amide bonds. The first-order chi connectivity index (χ1) is 12.9. The van der Waals surface area contributed by atoms with Gasteiger partial charge in [-0.05, 0) is 30.5 Å². The Balaban J connectivity index is 1.61. The molecule has 142 valence electrons. The quantitative estimate of drug-likeness (QED) is 0.691. The van der Waals surface area contributed by atoms with Gasteiger partial charge in [0.1, 0.15) is 23.2 Å². The van der Waals surface area contributed by atoms with Gasteiger partial charge < -0.3 is 20.5 Å². The number of hydrogen-bond donors (Lipinski definition) is 3. The maximum absolute atomic E-state index is 9.90. The van der Waals surface area contributed by atoms with Crippen LogP contribution in [-0.4, -0.2) is 40.9 Å². The second-order valence-electron chi connectivity index (χ2n) is 7.36. The van der Waals surface area contributed by atoms with E-state index in [1.807, 2.05) is 38.1 Å². The summed E-state index contributed by atoms with van der Waals surface area (Å²) in [5.41, 5.74) is 1.33. The summed E-state index contributed by atoms with van der Waals surface area (Å²) in [7, 11) is 1.65. The number of methoxy groups -OCH3 is 1. The number of anilines is 2. The first-order valence-corrected chi connectivity index (χ1v) is 9.02. The molecule has 0 spiro atoms. The molecule has 2 aromatic rings. The number of aliphatic hydroxyl groups excluding tert-OH is 1. The van der Waals surface area contributed by atoms with Gasteiger partial charge in [0.15, 0.2) is 0 Å². The molecule has 0 aliphatic heterocycles. The van der Waals surface area contributed by atoms with Crippen LogP contribution >= 0.6 is 0 Å². The molecule has 0 radical (unpaired) electrons. The van der Waals surface area contributed by atoms with E-state index in [9.17, 15) is 10.4 Å². The number of aliphatic hydroxyl groups is 1. The third-order valence-corrected chi connectivity index (χ3v) is 5.29. The minimum absolute atomic E-state index is 0.0710. The van der Waals surface area contributed by atoms with Crippen LogP contribution in [0.5, 0.6) is 5.75 Å². The van der Waals surface area contributed by atoms with Crippen molar-refractivity contribution in [2.75, 3.05) is 24.3 Å². The molecule has 1 heterocycles. The Morgan fingerprint density at radius 2 is 2.07 bits per heavy atom. The molecule has 7 nitrogen and oxygen atoms in total. The highest BCUT2D eigenvalue weighted by molar-refractivity contribution is 5.54. The number of rotatable bonds is 7. The van der Waals surface area contributed by atoms with Crippen LogP contribution in [0.1, 0.15) is 31.4 Å².